The molecule has 0 amide bonds. The number of rotatable bonds is 6. The van der Waals surface area contributed by atoms with Crippen molar-refractivity contribution < 1.29 is 23.1 Å². The van der Waals surface area contributed by atoms with E-state index in [9.17, 15) is 18.0 Å². The maximum atomic E-state index is 12.5. The molecule has 2 aromatic carbocycles. The highest BCUT2D eigenvalue weighted by molar-refractivity contribution is 7.91. The Morgan fingerprint density at radius 2 is 1.42 bits per heavy atom. The van der Waals surface area contributed by atoms with Crippen LogP contribution >= 0.6 is 0 Å². The van der Waals surface area contributed by atoms with Crippen LogP contribution in [0.25, 0.3) is 0 Å². The number of benzene rings is 2. The number of hydrogen-bond donors (Lipinski definition) is 1. The molecule has 0 fully saturated rings. The van der Waals surface area contributed by atoms with Crippen molar-refractivity contribution in [3.8, 4) is 0 Å². The molecule has 0 saturated heterocycles. The third-order valence-corrected chi connectivity index (χ3v) is 5.14. The third-order valence-electron chi connectivity index (χ3n) is 3.36. The highest BCUT2D eigenvalue weighted by Crippen LogP contribution is 2.21. The first kappa shape index (κ1) is 17.6. The Balaban J connectivity index is 2.18. The lowest BCUT2D eigenvalue weighted by molar-refractivity contribution is -0.131. The fourth-order valence-electron chi connectivity index (χ4n) is 2.06. The van der Waals surface area contributed by atoms with Crippen molar-refractivity contribution in [2.24, 2.45) is 0 Å². The van der Waals surface area contributed by atoms with Gasteiger partial charge in [0.05, 0.1) is 9.79 Å². The van der Waals surface area contributed by atoms with Gasteiger partial charge in [-0.3, -0.25) is 4.79 Å². The van der Waals surface area contributed by atoms with Crippen LogP contribution in [0, 0.1) is 6.92 Å². The van der Waals surface area contributed by atoms with Gasteiger partial charge in [0, 0.05) is 12.5 Å². The summed E-state index contributed by atoms with van der Waals surface area (Å²) in [6.07, 6.45) is 1.77. The maximum Gasteiger partial charge on any atom is 0.328 e. The molecular formula is C18H16O5S. The number of carbonyl (C=O) groups excluding carboxylic acids is 1. The smallest absolute Gasteiger partial charge is 0.328 e. The zero-order valence-electron chi connectivity index (χ0n) is 13.0. The lowest BCUT2D eigenvalue weighted by Crippen LogP contribution is -2.03. The molecule has 24 heavy (non-hydrogen) atoms. The molecule has 0 saturated carbocycles. The molecule has 0 spiro atoms. The number of ketones is 1. The number of allylic oxidation sites excluding steroid dienone is 1. The van der Waals surface area contributed by atoms with E-state index < -0.39 is 15.8 Å². The molecule has 5 nitrogen and oxygen atoms in total. The Morgan fingerprint density at radius 3 is 1.92 bits per heavy atom. The molecule has 0 aliphatic heterocycles. The lowest BCUT2D eigenvalue weighted by Gasteiger charge is -2.06. The predicted octanol–water partition coefficient (Wildman–Crippen LogP) is 2.58. The van der Waals surface area contributed by atoms with Crippen LogP contribution in [0.5, 0.6) is 0 Å². The standard InChI is InChI=1S/C18H16O5S/c1-13-2-7-16(8-3-13)24(22,23)17-9-4-14(5-10-17)12-15(19)6-11-18(20)21/h2-11H,12H2,1H3,(H,20,21)/b11-6-. The summed E-state index contributed by atoms with van der Waals surface area (Å²) >= 11 is 0. The number of sulfone groups is 1. The molecule has 0 unspecified atom stereocenters. The summed E-state index contributed by atoms with van der Waals surface area (Å²) in [5, 5.41) is 8.47. The van der Waals surface area contributed by atoms with Gasteiger partial charge in [-0.25, -0.2) is 13.2 Å². The average molecular weight is 344 g/mol. The van der Waals surface area contributed by atoms with Crippen LogP contribution in [0.3, 0.4) is 0 Å². The molecule has 0 bridgehead atoms. The van der Waals surface area contributed by atoms with Gasteiger partial charge in [0.2, 0.25) is 9.84 Å². The summed E-state index contributed by atoms with van der Waals surface area (Å²) < 4.78 is 25.0. The Hall–Kier alpha value is -2.73. The van der Waals surface area contributed by atoms with Crippen molar-refractivity contribution in [1.82, 2.24) is 0 Å². The minimum atomic E-state index is -3.60. The number of carboxylic acid groups (broad SMARTS) is 1. The highest BCUT2D eigenvalue weighted by atomic mass is 32.2. The van der Waals surface area contributed by atoms with Crippen molar-refractivity contribution >= 4 is 21.6 Å². The van der Waals surface area contributed by atoms with Crippen molar-refractivity contribution in [1.29, 1.82) is 0 Å². The van der Waals surface area contributed by atoms with E-state index in [0.717, 1.165) is 17.7 Å². The van der Waals surface area contributed by atoms with Crippen molar-refractivity contribution in [2.75, 3.05) is 0 Å². The van der Waals surface area contributed by atoms with Gasteiger partial charge in [0.25, 0.3) is 0 Å². The quantitative estimate of drug-likeness (QED) is 0.814. The molecule has 0 aliphatic rings. The van der Waals surface area contributed by atoms with Crippen LogP contribution < -0.4 is 0 Å². The SMILES string of the molecule is Cc1ccc(S(=O)(=O)c2ccc(CC(=O)/C=C\C(=O)O)cc2)cc1. The normalized spacial score (nSPS) is 11.5. The van der Waals surface area contributed by atoms with Gasteiger partial charge >= 0.3 is 5.97 Å². The first-order valence-corrected chi connectivity index (χ1v) is 8.62. The number of aliphatic carboxylic acids is 1. The first-order valence-electron chi connectivity index (χ1n) is 7.13. The largest absolute Gasteiger partial charge is 0.478 e. The zero-order chi connectivity index (χ0) is 17.7. The van der Waals surface area contributed by atoms with Crippen LogP contribution in [-0.4, -0.2) is 25.3 Å². The van der Waals surface area contributed by atoms with Crippen LogP contribution in [0.1, 0.15) is 11.1 Å². The molecule has 124 valence electrons. The van der Waals surface area contributed by atoms with Gasteiger partial charge in [0.15, 0.2) is 5.78 Å². The maximum absolute atomic E-state index is 12.5. The fraction of sp³-hybridized carbons (Fsp3) is 0.111. The third kappa shape index (κ3) is 4.39. The van der Waals surface area contributed by atoms with Crippen LogP contribution in [0.4, 0.5) is 0 Å². The summed E-state index contributed by atoms with van der Waals surface area (Å²) in [5.41, 5.74) is 1.58. The molecule has 6 heteroatoms. The fourth-order valence-corrected chi connectivity index (χ4v) is 3.33. The van der Waals surface area contributed by atoms with E-state index in [0.29, 0.717) is 5.56 Å². The minimum absolute atomic E-state index is 0.00857. The van der Waals surface area contributed by atoms with Crippen LogP contribution in [0.15, 0.2) is 70.5 Å². The molecular weight excluding hydrogens is 328 g/mol. The van der Waals surface area contributed by atoms with E-state index in [1.54, 1.807) is 36.4 Å². The summed E-state index contributed by atoms with van der Waals surface area (Å²) in [6, 6.07) is 12.6. The number of carboxylic acids is 1. The van der Waals surface area contributed by atoms with E-state index in [2.05, 4.69) is 0 Å². The summed E-state index contributed by atoms with van der Waals surface area (Å²) in [5.74, 6) is -1.56. The molecule has 0 aliphatic carbocycles. The van der Waals surface area contributed by atoms with E-state index in [4.69, 9.17) is 5.11 Å². The summed E-state index contributed by atoms with van der Waals surface area (Å²) in [7, 11) is -3.60. The average Bonchev–Trinajstić information content (AvgIpc) is 2.54. The van der Waals surface area contributed by atoms with Crippen molar-refractivity contribution in [3.63, 3.8) is 0 Å². The molecule has 0 aromatic heterocycles. The Morgan fingerprint density at radius 1 is 0.917 bits per heavy atom. The number of hydrogen-bond acceptors (Lipinski definition) is 4. The predicted molar refractivity (Wildman–Crippen MR) is 88.6 cm³/mol. The summed E-state index contributed by atoms with van der Waals surface area (Å²) in [4.78, 5) is 22.3. The number of aryl methyl sites for hydroxylation is 1. The van der Waals surface area contributed by atoms with E-state index in [1.165, 1.54) is 12.1 Å². The molecule has 2 aromatic rings. The van der Waals surface area contributed by atoms with Gasteiger partial charge in [0.1, 0.15) is 0 Å². The second-order valence-electron chi connectivity index (χ2n) is 5.28. The Labute approximate surface area is 140 Å². The van der Waals surface area contributed by atoms with Gasteiger partial charge in [-0.05, 0) is 42.8 Å². The van der Waals surface area contributed by atoms with Gasteiger partial charge in [-0.1, -0.05) is 29.8 Å². The first-order chi connectivity index (χ1) is 11.3. The molecule has 0 heterocycles. The van der Waals surface area contributed by atoms with Crippen molar-refractivity contribution in [3.05, 3.63) is 71.8 Å². The van der Waals surface area contributed by atoms with Gasteiger partial charge < -0.3 is 5.11 Å². The minimum Gasteiger partial charge on any atom is -0.478 e. The second kappa shape index (κ2) is 7.23. The van der Waals surface area contributed by atoms with E-state index in [1.807, 2.05) is 6.92 Å². The Bertz CT molecular complexity index is 876. The van der Waals surface area contributed by atoms with E-state index >= 15 is 0 Å². The van der Waals surface area contributed by atoms with Crippen molar-refractivity contribution in [2.45, 2.75) is 23.1 Å². The molecule has 1 N–H and O–H groups in total. The number of carbonyl (C=O) groups is 2. The second-order valence-corrected chi connectivity index (χ2v) is 7.22. The van der Waals surface area contributed by atoms with E-state index in [-0.39, 0.29) is 22.0 Å². The summed E-state index contributed by atoms with van der Waals surface area (Å²) in [6.45, 7) is 1.88. The van der Waals surface area contributed by atoms with Crippen LogP contribution in [-0.2, 0) is 25.8 Å². The van der Waals surface area contributed by atoms with Crippen LogP contribution in [0.2, 0.25) is 0 Å². The Kier molecular flexibility index (Phi) is 5.31. The lowest BCUT2D eigenvalue weighted by atomic mass is 10.1. The van der Waals surface area contributed by atoms with Gasteiger partial charge in [-0.2, -0.15) is 0 Å². The molecule has 0 radical (unpaired) electrons. The topological polar surface area (TPSA) is 88.5 Å². The molecule has 2 rings (SSSR count). The molecule has 0 atom stereocenters. The zero-order valence-corrected chi connectivity index (χ0v) is 13.8. The highest BCUT2D eigenvalue weighted by Gasteiger charge is 2.17. The van der Waals surface area contributed by atoms with Gasteiger partial charge in [-0.15, -0.1) is 0 Å². The monoisotopic (exact) mass is 344 g/mol.